The molecule has 2 atom stereocenters. The molecular weight excluding hydrogens is 456 g/mol. The Kier molecular flexibility index (Phi) is 14.8. The van der Waals surface area contributed by atoms with Gasteiger partial charge in [-0.1, -0.05) is 48.5 Å². The molecule has 0 radical (unpaired) electrons. The molecule has 0 aliphatic heterocycles. The predicted octanol–water partition coefficient (Wildman–Crippen LogP) is 7.07. The van der Waals surface area contributed by atoms with Crippen LogP contribution in [0.25, 0.3) is 0 Å². The Bertz CT molecular complexity index is 615. The van der Waals surface area contributed by atoms with Gasteiger partial charge in [-0.2, -0.15) is 0 Å². The lowest BCUT2D eigenvalue weighted by molar-refractivity contribution is -0.159. The Hall–Kier alpha value is -0.690. The molecule has 0 saturated heterocycles. The maximum absolute atomic E-state index is 12.6. The summed E-state index contributed by atoms with van der Waals surface area (Å²) in [6, 6.07) is 0. The van der Waals surface area contributed by atoms with E-state index in [2.05, 4.69) is 83.1 Å². The molecule has 2 unspecified atom stereocenters. The molecule has 6 nitrogen and oxygen atoms in total. The number of hydrogen-bond acceptors (Lipinski definition) is 6. The van der Waals surface area contributed by atoms with Crippen LogP contribution in [0.5, 0.6) is 0 Å². The van der Waals surface area contributed by atoms with E-state index in [4.69, 9.17) is 23.7 Å². The van der Waals surface area contributed by atoms with Crippen LogP contribution in [-0.4, -0.2) is 62.4 Å². The molecule has 0 aliphatic carbocycles. The Balaban J connectivity index is 4.51. The Morgan fingerprint density at radius 2 is 1.25 bits per heavy atom. The second-order valence-corrected chi connectivity index (χ2v) is 13.7. The fourth-order valence-electron chi connectivity index (χ4n) is 4.55. The van der Waals surface area contributed by atoms with Crippen LogP contribution in [0.3, 0.4) is 0 Å². The first-order chi connectivity index (χ1) is 16.2. The molecule has 0 aromatic rings. The minimum absolute atomic E-state index is 0.0788. The average molecular weight is 517 g/mol. The molecule has 0 aromatic carbocycles. The molecule has 36 heavy (non-hydrogen) atoms. The predicted molar refractivity (Wildman–Crippen MR) is 148 cm³/mol. The minimum atomic E-state index is -0.374. The number of carbonyl (C=O) groups is 1. The summed E-state index contributed by atoms with van der Waals surface area (Å²) in [7, 11) is 0. The van der Waals surface area contributed by atoms with E-state index in [1.165, 1.54) is 0 Å². The zero-order chi connectivity index (χ0) is 28.4. The SMILES string of the molecule is CC(C)OCCOC(C)CC(C)(C)C(C)(C)OCCC(C)(C)OCCOC(=O)C(C(C)C)C(C)(C)C. The van der Waals surface area contributed by atoms with Gasteiger partial charge in [0.2, 0.25) is 0 Å². The fraction of sp³-hybridized carbons (Fsp3) is 0.967. The van der Waals surface area contributed by atoms with Crippen molar-refractivity contribution >= 4 is 5.97 Å². The first-order valence-corrected chi connectivity index (χ1v) is 13.9. The fourth-order valence-corrected chi connectivity index (χ4v) is 4.55. The van der Waals surface area contributed by atoms with Gasteiger partial charge in [0, 0.05) is 0 Å². The van der Waals surface area contributed by atoms with Crippen LogP contribution in [0.4, 0.5) is 0 Å². The summed E-state index contributed by atoms with van der Waals surface area (Å²) in [4.78, 5) is 12.6. The molecule has 0 aromatic heterocycles. The van der Waals surface area contributed by atoms with E-state index in [-0.39, 0.29) is 58.7 Å². The number of hydrogen-bond donors (Lipinski definition) is 0. The maximum atomic E-state index is 12.6. The molecule has 0 bridgehead atoms. The monoisotopic (exact) mass is 516 g/mol. The van der Waals surface area contributed by atoms with Crippen molar-refractivity contribution in [3.8, 4) is 0 Å². The van der Waals surface area contributed by atoms with Gasteiger partial charge in [0.15, 0.2) is 0 Å². The highest BCUT2D eigenvalue weighted by molar-refractivity contribution is 5.73. The molecule has 0 rings (SSSR count). The minimum Gasteiger partial charge on any atom is -0.463 e. The van der Waals surface area contributed by atoms with Crippen LogP contribution < -0.4 is 0 Å². The average Bonchev–Trinajstić information content (AvgIpc) is 2.66. The Morgan fingerprint density at radius 1 is 0.694 bits per heavy atom. The van der Waals surface area contributed by atoms with Crippen LogP contribution in [0.1, 0.15) is 110 Å². The third-order valence-corrected chi connectivity index (χ3v) is 7.21. The second-order valence-electron chi connectivity index (χ2n) is 13.7. The normalized spacial score (nSPS) is 15.4. The topological polar surface area (TPSA) is 63.2 Å². The third kappa shape index (κ3) is 13.7. The molecule has 216 valence electrons. The van der Waals surface area contributed by atoms with Gasteiger partial charge in [-0.05, 0) is 78.1 Å². The van der Waals surface area contributed by atoms with Crippen LogP contribution >= 0.6 is 0 Å². The van der Waals surface area contributed by atoms with Crippen molar-refractivity contribution in [3.05, 3.63) is 0 Å². The molecular formula is C30H60O6. The van der Waals surface area contributed by atoms with Crippen LogP contribution in [0, 0.1) is 22.7 Å². The highest BCUT2D eigenvalue weighted by atomic mass is 16.6. The van der Waals surface area contributed by atoms with Gasteiger partial charge in [-0.15, -0.1) is 0 Å². The molecule has 0 heterocycles. The lowest BCUT2D eigenvalue weighted by Crippen LogP contribution is -2.44. The molecule has 0 N–H and O–H groups in total. The number of rotatable bonds is 18. The summed E-state index contributed by atoms with van der Waals surface area (Å²) in [5.74, 6) is -0.0454. The van der Waals surface area contributed by atoms with Gasteiger partial charge >= 0.3 is 5.97 Å². The highest BCUT2D eigenvalue weighted by Crippen LogP contribution is 2.39. The lowest BCUT2D eigenvalue weighted by Gasteiger charge is -2.43. The van der Waals surface area contributed by atoms with E-state index in [1.807, 2.05) is 13.8 Å². The zero-order valence-corrected chi connectivity index (χ0v) is 26.2. The van der Waals surface area contributed by atoms with Crippen molar-refractivity contribution < 1.29 is 28.5 Å². The van der Waals surface area contributed by atoms with E-state index < -0.39 is 0 Å². The van der Waals surface area contributed by atoms with Gasteiger partial charge in [-0.3, -0.25) is 4.79 Å². The summed E-state index contributed by atoms with van der Waals surface area (Å²) >= 11 is 0. The maximum Gasteiger partial charge on any atom is 0.309 e. The first kappa shape index (κ1) is 35.3. The van der Waals surface area contributed by atoms with Crippen LogP contribution in [-0.2, 0) is 28.5 Å². The number of ether oxygens (including phenoxy) is 5. The zero-order valence-electron chi connectivity index (χ0n) is 26.2. The Morgan fingerprint density at radius 3 is 1.75 bits per heavy atom. The standard InChI is InChI=1S/C30H60O6/c1-22(2)25(27(6,7)8)26(31)34-19-20-35-29(11,12)15-16-36-30(13,14)28(9,10)21-24(5)33-18-17-32-23(3)4/h22-25H,15-21H2,1-14H3. The van der Waals surface area contributed by atoms with E-state index in [0.717, 1.165) is 12.8 Å². The molecule has 0 amide bonds. The summed E-state index contributed by atoms with van der Waals surface area (Å²) in [6.45, 7) is 31.9. The van der Waals surface area contributed by atoms with Crippen molar-refractivity contribution in [2.75, 3.05) is 33.0 Å². The van der Waals surface area contributed by atoms with Gasteiger partial charge in [-0.25, -0.2) is 0 Å². The van der Waals surface area contributed by atoms with Gasteiger partial charge in [0.1, 0.15) is 6.61 Å². The van der Waals surface area contributed by atoms with Crippen molar-refractivity contribution in [1.82, 2.24) is 0 Å². The van der Waals surface area contributed by atoms with Crippen LogP contribution in [0.2, 0.25) is 0 Å². The van der Waals surface area contributed by atoms with Crippen molar-refractivity contribution in [2.45, 2.75) is 133 Å². The molecule has 0 aliphatic rings. The van der Waals surface area contributed by atoms with Gasteiger partial charge in [0.25, 0.3) is 0 Å². The summed E-state index contributed by atoms with van der Waals surface area (Å²) in [5, 5.41) is 0. The van der Waals surface area contributed by atoms with Crippen molar-refractivity contribution in [2.24, 2.45) is 22.7 Å². The number of carbonyl (C=O) groups excluding carboxylic acids is 1. The number of esters is 1. The van der Waals surface area contributed by atoms with Crippen molar-refractivity contribution in [1.29, 1.82) is 0 Å². The highest BCUT2D eigenvalue weighted by Gasteiger charge is 2.39. The quantitative estimate of drug-likeness (QED) is 0.143. The molecule has 0 saturated carbocycles. The summed E-state index contributed by atoms with van der Waals surface area (Å²) in [5.41, 5.74) is -0.912. The largest absolute Gasteiger partial charge is 0.463 e. The third-order valence-electron chi connectivity index (χ3n) is 7.21. The van der Waals surface area contributed by atoms with E-state index >= 15 is 0 Å². The molecule has 0 fully saturated rings. The van der Waals surface area contributed by atoms with Gasteiger partial charge < -0.3 is 23.7 Å². The van der Waals surface area contributed by atoms with E-state index in [1.54, 1.807) is 0 Å². The second kappa shape index (κ2) is 15.0. The first-order valence-electron chi connectivity index (χ1n) is 13.9. The molecule has 0 spiro atoms. The Labute approximate surface area is 223 Å². The summed E-state index contributed by atoms with van der Waals surface area (Å²) in [6.07, 6.45) is 1.98. The van der Waals surface area contributed by atoms with Crippen LogP contribution in [0.15, 0.2) is 0 Å². The van der Waals surface area contributed by atoms with Gasteiger partial charge in [0.05, 0.1) is 55.8 Å². The lowest BCUT2D eigenvalue weighted by atomic mass is 9.73. The molecule has 6 heteroatoms. The van der Waals surface area contributed by atoms with Crippen molar-refractivity contribution in [3.63, 3.8) is 0 Å². The van der Waals surface area contributed by atoms with E-state index in [9.17, 15) is 4.79 Å². The van der Waals surface area contributed by atoms with E-state index in [0.29, 0.717) is 26.4 Å². The summed E-state index contributed by atoms with van der Waals surface area (Å²) < 4.78 is 29.5. The smallest absolute Gasteiger partial charge is 0.309 e.